The average molecular weight is 427 g/mol. The van der Waals surface area contributed by atoms with Crippen LogP contribution in [0.4, 0.5) is 0 Å². The van der Waals surface area contributed by atoms with Gasteiger partial charge in [0.15, 0.2) is 0 Å². The van der Waals surface area contributed by atoms with Crippen LogP contribution >= 0.6 is 0 Å². The maximum Gasteiger partial charge on any atom is 0.326 e. The Labute approximate surface area is 179 Å². The summed E-state index contributed by atoms with van der Waals surface area (Å²) in [4.78, 5) is 51.2. The van der Waals surface area contributed by atoms with Crippen molar-refractivity contribution in [2.75, 3.05) is 6.54 Å². The molecule has 1 heterocycles. The van der Waals surface area contributed by atoms with Crippen molar-refractivity contribution < 1.29 is 24.3 Å². The summed E-state index contributed by atoms with van der Waals surface area (Å²) in [6.45, 7) is 11.4. The minimum absolute atomic E-state index is 0.0825. The van der Waals surface area contributed by atoms with Crippen LogP contribution in [0.25, 0.3) is 0 Å². The lowest BCUT2D eigenvalue weighted by atomic mass is 9.98. The van der Waals surface area contributed by atoms with E-state index in [1.54, 1.807) is 13.8 Å². The van der Waals surface area contributed by atoms with Gasteiger partial charge in [0.1, 0.15) is 18.1 Å². The molecule has 0 bridgehead atoms. The molecule has 172 valence electrons. The highest BCUT2D eigenvalue weighted by atomic mass is 16.4. The van der Waals surface area contributed by atoms with E-state index in [9.17, 15) is 24.3 Å². The molecule has 9 nitrogen and oxygen atoms in total. The number of aliphatic carboxylic acids is 1. The minimum Gasteiger partial charge on any atom is -0.480 e. The predicted molar refractivity (Wildman–Crippen MR) is 113 cm³/mol. The summed E-state index contributed by atoms with van der Waals surface area (Å²) in [6.07, 6.45) is 1.41. The molecule has 4 atom stereocenters. The highest BCUT2D eigenvalue weighted by Crippen LogP contribution is 2.20. The molecule has 0 aromatic carbocycles. The van der Waals surface area contributed by atoms with Gasteiger partial charge in [0.2, 0.25) is 17.7 Å². The number of likely N-dealkylation sites (tertiary alicyclic amines) is 1. The van der Waals surface area contributed by atoms with Gasteiger partial charge in [-0.15, -0.1) is 0 Å². The van der Waals surface area contributed by atoms with E-state index in [0.717, 1.165) is 0 Å². The molecule has 3 amide bonds. The van der Waals surface area contributed by atoms with Crippen LogP contribution < -0.4 is 16.4 Å². The first-order valence-electron chi connectivity index (χ1n) is 10.8. The van der Waals surface area contributed by atoms with Crippen molar-refractivity contribution in [3.63, 3.8) is 0 Å². The first kappa shape index (κ1) is 25.9. The molecule has 0 aromatic rings. The summed E-state index contributed by atoms with van der Waals surface area (Å²) in [5.41, 5.74) is 5.90. The number of carboxylic acid groups (broad SMARTS) is 1. The third kappa shape index (κ3) is 6.97. The summed E-state index contributed by atoms with van der Waals surface area (Å²) in [5.74, 6) is -2.53. The van der Waals surface area contributed by atoms with E-state index < -0.39 is 47.9 Å². The fourth-order valence-corrected chi connectivity index (χ4v) is 3.51. The molecular weight excluding hydrogens is 388 g/mol. The fraction of sp³-hybridized carbons (Fsp3) is 0.810. The molecule has 1 aliphatic heterocycles. The highest BCUT2D eigenvalue weighted by Gasteiger charge is 2.39. The fourth-order valence-electron chi connectivity index (χ4n) is 3.51. The van der Waals surface area contributed by atoms with Crippen LogP contribution in [0.15, 0.2) is 0 Å². The van der Waals surface area contributed by atoms with Gasteiger partial charge >= 0.3 is 5.97 Å². The van der Waals surface area contributed by atoms with Crippen LogP contribution in [-0.2, 0) is 19.2 Å². The number of hydrogen-bond donors (Lipinski definition) is 4. The minimum atomic E-state index is -1.04. The largest absolute Gasteiger partial charge is 0.480 e. The lowest BCUT2D eigenvalue weighted by molar-refractivity contribution is -0.150. The van der Waals surface area contributed by atoms with Gasteiger partial charge in [-0.25, -0.2) is 4.79 Å². The van der Waals surface area contributed by atoms with Crippen molar-refractivity contribution >= 4 is 23.7 Å². The Morgan fingerprint density at radius 2 is 1.60 bits per heavy atom. The predicted octanol–water partition coefficient (Wildman–Crippen LogP) is 0.717. The number of rotatable bonds is 10. The number of carbonyl (C=O) groups is 4. The van der Waals surface area contributed by atoms with E-state index in [-0.39, 0.29) is 17.8 Å². The first-order chi connectivity index (χ1) is 13.9. The van der Waals surface area contributed by atoms with Gasteiger partial charge in [0.05, 0.1) is 6.04 Å². The van der Waals surface area contributed by atoms with Gasteiger partial charge < -0.3 is 26.4 Å². The SMILES string of the molecule is CC(C)CC(NC(=O)C(N)C(C)C)C(=O)NC(C(=O)N1CCCC1C(=O)O)C(C)C. The van der Waals surface area contributed by atoms with Gasteiger partial charge in [-0.2, -0.15) is 0 Å². The van der Waals surface area contributed by atoms with Gasteiger partial charge in [-0.1, -0.05) is 41.5 Å². The van der Waals surface area contributed by atoms with Gasteiger partial charge in [0.25, 0.3) is 0 Å². The summed E-state index contributed by atoms with van der Waals surface area (Å²) >= 11 is 0. The molecule has 0 radical (unpaired) electrons. The Morgan fingerprint density at radius 3 is 2.07 bits per heavy atom. The molecule has 0 aromatic heterocycles. The van der Waals surface area contributed by atoms with Crippen LogP contribution in [-0.4, -0.2) is 64.4 Å². The summed E-state index contributed by atoms with van der Waals surface area (Å²) < 4.78 is 0. The number of carbonyl (C=O) groups excluding carboxylic acids is 3. The molecule has 0 saturated carbocycles. The average Bonchev–Trinajstić information content (AvgIpc) is 3.13. The van der Waals surface area contributed by atoms with E-state index in [1.807, 2.05) is 27.7 Å². The Balaban J connectivity index is 2.97. The zero-order valence-electron chi connectivity index (χ0n) is 19.0. The number of nitrogens with one attached hydrogen (secondary N) is 2. The second-order valence-corrected chi connectivity index (χ2v) is 9.22. The van der Waals surface area contributed by atoms with Crippen molar-refractivity contribution in [3.05, 3.63) is 0 Å². The van der Waals surface area contributed by atoms with E-state index in [0.29, 0.717) is 25.8 Å². The molecule has 1 aliphatic rings. The van der Waals surface area contributed by atoms with E-state index in [2.05, 4.69) is 10.6 Å². The summed E-state index contributed by atoms with van der Waals surface area (Å²) in [6, 6.07) is -3.31. The van der Waals surface area contributed by atoms with Crippen molar-refractivity contribution in [3.8, 4) is 0 Å². The number of hydrogen-bond acceptors (Lipinski definition) is 5. The van der Waals surface area contributed by atoms with Crippen molar-refractivity contribution in [2.45, 2.75) is 85.0 Å². The lowest BCUT2D eigenvalue weighted by Crippen LogP contribution is -2.59. The second-order valence-electron chi connectivity index (χ2n) is 9.22. The molecule has 30 heavy (non-hydrogen) atoms. The molecule has 0 aliphatic carbocycles. The topological polar surface area (TPSA) is 142 Å². The molecule has 5 N–H and O–H groups in total. The van der Waals surface area contributed by atoms with E-state index in [4.69, 9.17) is 5.73 Å². The summed E-state index contributed by atoms with van der Waals surface area (Å²) in [5, 5.41) is 14.8. The Hall–Kier alpha value is -2.16. The van der Waals surface area contributed by atoms with Crippen molar-refractivity contribution in [2.24, 2.45) is 23.5 Å². The van der Waals surface area contributed by atoms with Crippen molar-refractivity contribution in [1.82, 2.24) is 15.5 Å². The van der Waals surface area contributed by atoms with Crippen molar-refractivity contribution in [1.29, 1.82) is 0 Å². The molecule has 9 heteroatoms. The van der Waals surface area contributed by atoms with Gasteiger partial charge in [-0.05, 0) is 37.0 Å². The van der Waals surface area contributed by atoms with Crippen LogP contribution in [0.1, 0.15) is 60.8 Å². The molecule has 4 unspecified atom stereocenters. The first-order valence-corrected chi connectivity index (χ1v) is 10.8. The Bertz CT molecular complexity index is 635. The third-order valence-corrected chi connectivity index (χ3v) is 5.41. The van der Waals surface area contributed by atoms with E-state index >= 15 is 0 Å². The van der Waals surface area contributed by atoms with Crippen LogP contribution in [0, 0.1) is 17.8 Å². The molecule has 1 fully saturated rings. The number of nitrogens with zero attached hydrogens (tertiary/aromatic N) is 1. The maximum absolute atomic E-state index is 13.0. The number of amides is 3. The second kappa shape index (κ2) is 11.3. The monoisotopic (exact) mass is 426 g/mol. The Kier molecular flexibility index (Phi) is 9.74. The molecular formula is C21H38N4O5. The quantitative estimate of drug-likeness (QED) is 0.405. The van der Waals surface area contributed by atoms with E-state index in [1.165, 1.54) is 4.90 Å². The standard InChI is InChI=1S/C21H38N4O5/c1-11(2)10-14(23-19(27)16(22)12(3)4)18(26)24-17(13(5)6)20(28)25-9-7-8-15(25)21(29)30/h11-17H,7-10,22H2,1-6H3,(H,23,27)(H,24,26)(H,29,30). The molecule has 1 rings (SSSR count). The number of carboxylic acids is 1. The lowest BCUT2D eigenvalue weighted by Gasteiger charge is -2.31. The number of nitrogens with two attached hydrogens (primary N) is 1. The van der Waals surface area contributed by atoms with Gasteiger partial charge in [0, 0.05) is 6.54 Å². The third-order valence-electron chi connectivity index (χ3n) is 5.41. The summed E-state index contributed by atoms with van der Waals surface area (Å²) in [7, 11) is 0. The zero-order valence-corrected chi connectivity index (χ0v) is 19.0. The molecule has 1 saturated heterocycles. The highest BCUT2D eigenvalue weighted by molar-refractivity contribution is 5.94. The maximum atomic E-state index is 13.0. The smallest absolute Gasteiger partial charge is 0.326 e. The van der Waals surface area contributed by atoms with Crippen LogP contribution in [0.2, 0.25) is 0 Å². The van der Waals surface area contributed by atoms with Gasteiger partial charge in [-0.3, -0.25) is 14.4 Å². The molecule has 0 spiro atoms. The Morgan fingerprint density at radius 1 is 1.00 bits per heavy atom. The normalized spacial score (nSPS) is 19.7. The van der Waals surface area contributed by atoms with Crippen LogP contribution in [0.3, 0.4) is 0 Å². The zero-order chi connectivity index (χ0) is 23.2. The van der Waals surface area contributed by atoms with Crippen LogP contribution in [0.5, 0.6) is 0 Å².